The molecular weight excluding hydrogens is 342 g/mol. The van der Waals surface area contributed by atoms with Gasteiger partial charge in [0, 0.05) is 22.4 Å². The minimum absolute atomic E-state index is 0.280. The van der Waals surface area contributed by atoms with E-state index in [1.165, 1.54) is 17.6 Å². The van der Waals surface area contributed by atoms with Crippen molar-refractivity contribution in [2.45, 2.75) is 20.8 Å². The smallest absolute Gasteiger partial charge is 0.183 e. The minimum atomic E-state index is -1.24. The van der Waals surface area contributed by atoms with Gasteiger partial charge in [-0.2, -0.15) is 0 Å². The number of aryl methyl sites for hydroxylation is 2. The number of aromatic nitrogens is 1. The van der Waals surface area contributed by atoms with Gasteiger partial charge in [0.05, 0.1) is 16.7 Å². The summed E-state index contributed by atoms with van der Waals surface area (Å²) in [6.45, 7) is 4.72. The first kappa shape index (κ1) is 16.6. The molecule has 0 spiro atoms. The van der Waals surface area contributed by atoms with E-state index in [0.717, 1.165) is 17.0 Å². The lowest BCUT2D eigenvalue weighted by Gasteiger charge is -2.12. The molecule has 0 saturated carbocycles. The van der Waals surface area contributed by atoms with Gasteiger partial charge in [0.1, 0.15) is 11.6 Å². The Bertz CT molecular complexity index is 1200. The predicted molar refractivity (Wildman–Crippen MR) is 94.8 cm³/mol. The molecule has 0 aliphatic rings. The van der Waals surface area contributed by atoms with Crippen molar-refractivity contribution >= 4 is 21.8 Å². The summed E-state index contributed by atoms with van der Waals surface area (Å²) >= 11 is 0. The summed E-state index contributed by atoms with van der Waals surface area (Å²) in [6.07, 6.45) is 0. The maximum absolute atomic E-state index is 14.7. The Morgan fingerprint density at radius 3 is 2.12 bits per heavy atom. The third-order valence-corrected chi connectivity index (χ3v) is 4.81. The number of nitrogens with zero attached hydrogens (tertiary/aromatic N) is 1. The molecule has 0 N–H and O–H groups in total. The van der Waals surface area contributed by atoms with E-state index < -0.39 is 23.3 Å². The summed E-state index contributed by atoms with van der Waals surface area (Å²) in [4.78, 5) is 0. The van der Waals surface area contributed by atoms with Crippen LogP contribution in [0.15, 0.2) is 36.4 Å². The summed E-state index contributed by atoms with van der Waals surface area (Å²) in [6, 6.07) is 9.35. The molecule has 0 amide bonds. The van der Waals surface area contributed by atoms with Crippen LogP contribution >= 0.6 is 0 Å². The molecule has 0 fully saturated rings. The number of fused-ring (bicyclic) bond motifs is 3. The molecule has 0 aliphatic heterocycles. The van der Waals surface area contributed by atoms with E-state index >= 15 is 0 Å². The monoisotopic (exact) mass is 357 g/mol. The van der Waals surface area contributed by atoms with Gasteiger partial charge in [-0.05, 0) is 50.6 Å². The number of halogens is 4. The Hall–Kier alpha value is -2.82. The number of hydrogen-bond acceptors (Lipinski definition) is 0. The van der Waals surface area contributed by atoms with E-state index in [-0.39, 0.29) is 11.3 Å². The van der Waals surface area contributed by atoms with Crippen molar-refractivity contribution in [3.8, 4) is 5.69 Å². The number of rotatable bonds is 1. The molecule has 4 aromatic rings. The van der Waals surface area contributed by atoms with Crippen LogP contribution in [-0.2, 0) is 0 Å². The molecule has 0 unspecified atom stereocenters. The summed E-state index contributed by atoms with van der Waals surface area (Å²) in [7, 11) is 0. The molecule has 3 aromatic carbocycles. The van der Waals surface area contributed by atoms with Gasteiger partial charge in [-0.25, -0.2) is 17.6 Å². The number of benzene rings is 3. The Labute approximate surface area is 147 Å². The van der Waals surface area contributed by atoms with Crippen LogP contribution in [0.5, 0.6) is 0 Å². The van der Waals surface area contributed by atoms with Crippen molar-refractivity contribution in [3.05, 3.63) is 76.4 Å². The molecule has 4 rings (SSSR count). The molecule has 0 bridgehead atoms. The maximum Gasteiger partial charge on any atom is 0.183 e. The fourth-order valence-electron chi connectivity index (χ4n) is 3.36. The molecule has 0 atom stereocenters. The summed E-state index contributed by atoms with van der Waals surface area (Å²) in [5.74, 6) is -3.72. The quantitative estimate of drug-likeness (QED) is 0.280. The van der Waals surface area contributed by atoms with Gasteiger partial charge >= 0.3 is 0 Å². The average molecular weight is 357 g/mol. The van der Waals surface area contributed by atoms with Crippen molar-refractivity contribution in [2.75, 3.05) is 0 Å². The van der Waals surface area contributed by atoms with Gasteiger partial charge in [0.25, 0.3) is 0 Å². The van der Waals surface area contributed by atoms with E-state index in [2.05, 4.69) is 0 Å². The molecule has 1 aromatic heterocycles. The van der Waals surface area contributed by atoms with Crippen LogP contribution in [-0.4, -0.2) is 4.57 Å². The predicted octanol–water partition coefficient (Wildman–Crippen LogP) is 6.27. The van der Waals surface area contributed by atoms with Crippen molar-refractivity contribution in [2.24, 2.45) is 0 Å². The van der Waals surface area contributed by atoms with Crippen LogP contribution < -0.4 is 0 Å². The highest BCUT2D eigenvalue weighted by Gasteiger charge is 2.21. The topological polar surface area (TPSA) is 4.93 Å². The second-order valence-electron chi connectivity index (χ2n) is 6.61. The minimum Gasteiger partial charge on any atom is -0.306 e. The molecule has 132 valence electrons. The lowest BCUT2D eigenvalue weighted by atomic mass is 10.1. The van der Waals surface area contributed by atoms with Crippen LogP contribution in [0, 0.1) is 44.0 Å². The maximum atomic E-state index is 14.7. The van der Waals surface area contributed by atoms with Crippen LogP contribution in [0.2, 0.25) is 0 Å². The lowest BCUT2D eigenvalue weighted by Crippen LogP contribution is -2.04. The molecule has 0 saturated heterocycles. The highest BCUT2D eigenvalue weighted by molar-refractivity contribution is 6.09. The zero-order chi connectivity index (χ0) is 18.7. The van der Waals surface area contributed by atoms with Gasteiger partial charge in [-0.3, -0.25) is 0 Å². The van der Waals surface area contributed by atoms with E-state index in [1.807, 2.05) is 19.1 Å². The molecular formula is C21H15F4N. The Morgan fingerprint density at radius 2 is 1.38 bits per heavy atom. The largest absolute Gasteiger partial charge is 0.306 e. The third-order valence-electron chi connectivity index (χ3n) is 4.81. The van der Waals surface area contributed by atoms with Crippen LogP contribution in [0.1, 0.15) is 16.7 Å². The van der Waals surface area contributed by atoms with Crippen LogP contribution in [0.4, 0.5) is 17.6 Å². The van der Waals surface area contributed by atoms with E-state index in [0.29, 0.717) is 22.0 Å². The average Bonchev–Trinajstić information content (AvgIpc) is 2.89. The number of hydrogen-bond donors (Lipinski definition) is 0. The first-order valence-corrected chi connectivity index (χ1v) is 8.15. The van der Waals surface area contributed by atoms with E-state index in [4.69, 9.17) is 0 Å². The lowest BCUT2D eigenvalue weighted by molar-refractivity contribution is 0.483. The van der Waals surface area contributed by atoms with Crippen molar-refractivity contribution < 1.29 is 17.6 Å². The summed E-state index contributed by atoms with van der Waals surface area (Å²) in [5.41, 5.74) is 1.66. The molecule has 1 nitrogen and oxygen atoms in total. The fraction of sp³-hybridized carbons (Fsp3) is 0.143. The zero-order valence-electron chi connectivity index (χ0n) is 14.4. The Morgan fingerprint density at radius 1 is 0.692 bits per heavy atom. The molecule has 0 radical (unpaired) electrons. The second-order valence-corrected chi connectivity index (χ2v) is 6.61. The molecule has 5 heteroatoms. The molecule has 26 heavy (non-hydrogen) atoms. The molecule has 0 aliphatic carbocycles. The Kier molecular flexibility index (Phi) is 3.58. The first-order chi connectivity index (χ1) is 12.3. The normalized spacial score (nSPS) is 11.7. The van der Waals surface area contributed by atoms with Gasteiger partial charge in [-0.15, -0.1) is 0 Å². The zero-order valence-corrected chi connectivity index (χ0v) is 14.4. The highest BCUT2D eigenvalue weighted by atomic mass is 19.2. The van der Waals surface area contributed by atoms with Gasteiger partial charge in [0.2, 0.25) is 0 Å². The van der Waals surface area contributed by atoms with E-state index in [1.54, 1.807) is 19.1 Å². The fourth-order valence-corrected chi connectivity index (χ4v) is 3.36. The third kappa shape index (κ3) is 2.23. The van der Waals surface area contributed by atoms with Gasteiger partial charge < -0.3 is 4.57 Å². The first-order valence-electron chi connectivity index (χ1n) is 8.15. The standard InChI is InChI=1S/C21H15F4N/c1-10-4-5-17-13(6-10)14-7-11(2)15(22)8-18(14)26(17)19-9-16(23)12(3)20(24)21(19)25/h4-9H,1-3H3. The summed E-state index contributed by atoms with van der Waals surface area (Å²) in [5, 5.41) is 1.47. The SMILES string of the molecule is Cc1ccc2c(c1)c1cc(C)c(F)cc1n2-c1cc(F)c(C)c(F)c1F. The Balaban J connectivity index is 2.24. The van der Waals surface area contributed by atoms with Gasteiger partial charge in [0.15, 0.2) is 11.6 Å². The van der Waals surface area contributed by atoms with E-state index in [9.17, 15) is 17.6 Å². The van der Waals surface area contributed by atoms with Crippen molar-refractivity contribution in [3.63, 3.8) is 0 Å². The summed E-state index contributed by atoms with van der Waals surface area (Å²) < 4.78 is 58.5. The van der Waals surface area contributed by atoms with Crippen LogP contribution in [0.3, 0.4) is 0 Å². The van der Waals surface area contributed by atoms with Gasteiger partial charge in [-0.1, -0.05) is 11.6 Å². The van der Waals surface area contributed by atoms with Crippen molar-refractivity contribution in [1.29, 1.82) is 0 Å². The van der Waals surface area contributed by atoms with Crippen molar-refractivity contribution in [1.82, 2.24) is 4.57 Å². The molecule has 1 heterocycles. The van der Waals surface area contributed by atoms with Crippen LogP contribution in [0.25, 0.3) is 27.5 Å². The second kappa shape index (κ2) is 5.59. The highest BCUT2D eigenvalue weighted by Crippen LogP contribution is 2.35.